The number of rotatable bonds is 1. The molecule has 0 bridgehead atoms. The van der Waals surface area contributed by atoms with Crippen LogP contribution in [0.3, 0.4) is 0 Å². The van der Waals surface area contributed by atoms with Crippen molar-refractivity contribution in [1.29, 1.82) is 0 Å². The van der Waals surface area contributed by atoms with Gasteiger partial charge in [0, 0.05) is 5.92 Å². The molecule has 0 N–H and O–H groups in total. The van der Waals surface area contributed by atoms with Gasteiger partial charge in [0.25, 0.3) is 0 Å². The minimum atomic E-state index is 0.154. The van der Waals surface area contributed by atoms with E-state index in [0.29, 0.717) is 5.78 Å². The second-order valence-corrected chi connectivity index (χ2v) is 5.00. The van der Waals surface area contributed by atoms with E-state index in [0.717, 1.165) is 12.8 Å². The predicted octanol–water partition coefficient (Wildman–Crippen LogP) is 3.35. The number of carbonyl (C=O) groups excluding carboxylic acids is 1. The lowest BCUT2D eigenvalue weighted by atomic mass is 9.65. The molecule has 74 valence electrons. The first kappa shape index (κ1) is 10.5. The number of hydrogen-bond donors (Lipinski definition) is 0. The Morgan fingerprint density at radius 2 is 1.92 bits per heavy atom. The Morgan fingerprint density at radius 3 is 2.31 bits per heavy atom. The minimum absolute atomic E-state index is 0.154. The van der Waals surface area contributed by atoms with Crippen LogP contribution in [0.5, 0.6) is 0 Å². The summed E-state index contributed by atoms with van der Waals surface area (Å²) in [7, 11) is 0. The first-order valence-corrected chi connectivity index (χ1v) is 5.03. The van der Waals surface area contributed by atoms with Crippen LogP contribution in [0.15, 0.2) is 11.1 Å². The number of Topliss-reactive ketones (excluding diaryl/α,β-unsaturated/α-hetero) is 1. The molecule has 1 nitrogen and oxygen atoms in total. The second-order valence-electron chi connectivity index (χ2n) is 5.00. The van der Waals surface area contributed by atoms with E-state index in [2.05, 4.69) is 27.7 Å². The van der Waals surface area contributed by atoms with Crippen molar-refractivity contribution in [3.05, 3.63) is 11.1 Å². The quantitative estimate of drug-likeness (QED) is 0.565. The highest BCUT2D eigenvalue weighted by Gasteiger charge is 2.37. The van der Waals surface area contributed by atoms with Crippen molar-refractivity contribution in [3.63, 3.8) is 0 Å². The van der Waals surface area contributed by atoms with Gasteiger partial charge in [0.05, 0.1) is 0 Å². The topological polar surface area (TPSA) is 17.1 Å². The Balaban J connectivity index is 3.09. The molecule has 0 heterocycles. The Bertz CT molecular complexity index is 258. The monoisotopic (exact) mass is 180 g/mol. The Labute approximate surface area is 81.2 Å². The fourth-order valence-corrected chi connectivity index (χ4v) is 2.54. The number of hydrogen-bond acceptors (Lipinski definition) is 1. The van der Waals surface area contributed by atoms with Crippen LogP contribution >= 0.6 is 0 Å². The highest BCUT2D eigenvalue weighted by atomic mass is 16.1. The Kier molecular flexibility index (Phi) is 2.65. The van der Waals surface area contributed by atoms with Crippen LogP contribution in [-0.4, -0.2) is 5.78 Å². The molecule has 1 aliphatic carbocycles. The minimum Gasteiger partial charge on any atom is -0.299 e. The van der Waals surface area contributed by atoms with Crippen molar-refractivity contribution in [2.75, 3.05) is 0 Å². The summed E-state index contributed by atoms with van der Waals surface area (Å²) < 4.78 is 0. The van der Waals surface area contributed by atoms with Crippen LogP contribution in [0.1, 0.15) is 47.5 Å². The first-order chi connectivity index (χ1) is 5.86. The third-order valence-corrected chi connectivity index (χ3v) is 3.44. The molecule has 1 rings (SSSR count). The summed E-state index contributed by atoms with van der Waals surface area (Å²) in [6.07, 6.45) is 2.29. The molecule has 13 heavy (non-hydrogen) atoms. The second kappa shape index (κ2) is 3.28. The van der Waals surface area contributed by atoms with Gasteiger partial charge in [-0.1, -0.05) is 25.0 Å². The van der Waals surface area contributed by atoms with Gasteiger partial charge < -0.3 is 0 Å². The molecule has 0 aromatic rings. The number of ketones is 1. The van der Waals surface area contributed by atoms with Crippen LogP contribution in [-0.2, 0) is 4.79 Å². The standard InChI is InChI=1S/C12H20O/c1-8-6-7-12(4,5)11(9(8)2)10(3)13/h11H,6-7H2,1-5H3. The number of carbonyl (C=O) groups is 1. The van der Waals surface area contributed by atoms with Gasteiger partial charge in [-0.25, -0.2) is 0 Å². The van der Waals surface area contributed by atoms with Crippen molar-refractivity contribution in [2.24, 2.45) is 11.3 Å². The molecule has 1 aliphatic rings. The molecule has 1 heteroatoms. The molecule has 0 saturated heterocycles. The van der Waals surface area contributed by atoms with Gasteiger partial charge in [-0.15, -0.1) is 0 Å². The Hall–Kier alpha value is -0.590. The van der Waals surface area contributed by atoms with Gasteiger partial charge in [-0.2, -0.15) is 0 Å². The average Bonchev–Trinajstić information content (AvgIpc) is 1.96. The van der Waals surface area contributed by atoms with Crippen molar-refractivity contribution < 1.29 is 4.79 Å². The SMILES string of the molecule is CC(=O)C1C(C)=C(C)CCC1(C)C. The van der Waals surface area contributed by atoms with E-state index in [1.165, 1.54) is 11.1 Å². The lowest BCUT2D eigenvalue weighted by Gasteiger charge is -2.38. The maximum Gasteiger partial charge on any atom is 0.137 e. The maximum atomic E-state index is 11.5. The average molecular weight is 180 g/mol. The van der Waals surface area contributed by atoms with E-state index in [1.54, 1.807) is 6.92 Å². The molecule has 0 radical (unpaired) electrons. The van der Waals surface area contributed by atoms with Gasteiger partial charge >= 0.3 is 0 Å². The van der Waals surface area contributed by atoms with Crippen molar-refractivity contribution in [2.45, 2.75) is 47.5 Å². The third kappa shape index (κ3) is 1.84. The molecule has 1 unspecified atom stereocenters. The van der Waals surface area contributed by atoms with E-state index in [-0.39, 0.29) is 11.3 Å². The van der Waals surface area contributed by atoms with Gasteiger partial charge in [-0.05, 0) is 39.0 Å². The predicted molar refractivity (Wildman–Crippen MR) is 55.6 cm³/mol. The van der Waals surface area contributed by atoms with Gasteiger partial charge in [0.1, 0.15) is 5.78 Å². The lowest BCUT2D eigenvalue weighted by Crippen LogP contribution is -2.34. The smallest absolute Gasteiger partial charge is 0.137 e. The summed E-state index contributed by atoms with van der Waals surface area (Å²) >= 11 is 0. The molecule has 0 fully saturated rings. The van der Waals surface area contributed by atoms with E-state index in [4.69, 9.17) is 0 Å². The zero-order valence-electron chi connectivity index (χ0n) is 9.40. The fourth-order valence-electron chi connectivity index (χ4n) is 2.54. The van der Waals surface area contributed by atoms with Crippen LogP contribution in [0.4, 0.5) is 0 Å². The van der Waals surface area contributed by atoms with E-state index < -0.39 is 0 Å². The zero-order chi connectivity index (χ0) is 10.2. The molecule has 0 spiro atoms. The summed E-state index contributed by atoms with van der Waals surface area (Å²) in [6.45, 7) is 10.4. The molecule has 0 saturated carbocycles. The van der Waals surface area contributed by atoms with Crippen molar-refractivity contribution >= 4 is 5.78 Å². The maximum absolute atomic E-state index is 11.5. The summed E-state index contributed by atoms with van der Waals surface area (Å²) in [5, 5.41) is 0. The zero-order valence-corrected chi connectivity index (χ0v) is 9.40. The third-order valence-electron chi connectivity index (χ3n) is 3.44. The molecule has 0 aliphatic heterocycles. The summed E-state index contributed by atoms with van der Waals surface area (Å²) in [4.78, 5) is 11.5. The van der Waals surface area contributed by atoms with Gasteiger partial charge in [0.2, 0.25) is 0 Å². The fraction of sp³-hybridized carbons (Fsp3) is 0.750. The number of allylic oxidation sites excluding steroid dienone is 2. The van der Waals surface area contributed by atoms with E-state index >= 15 is 0 Å². The van der Waals surface area contributed by atoms with Crippen LogP contribution in [0, 0.1) is 11.3 Å². The normalized spacial score (nSPS) is 27.6. The van der Waals surface area contributed by atoms with E-state index in [1.807, 2.05) is 0 Å². The van der Waals surface area contributed by atoms with E-state index in [9.17, 15) is 4.79 Å². The Morgan fingerprint density at radius 1 is 1.38 bits per heavy atom. The first-order valence-electron chi connectivity index (χ1n) is 5.03. The molecular weight excluding hydrogens is 160 g/mol. The molecule has 0 amide bonds. The highest BCUT2D eigenvalue weighted by molar-refractivity contribution is 5.82. The molecule has 1 atom stereocenters. The van der Waals surface area contributed by atoms with Crippen LogP contribution < -0.4 is 0 Å². The highest BCUT2D eigenvalue weighted by Crippen LogP contribution is 2.43. The van der Waals surface area contributed by atoms with Crippen LogP contribution in [0.2, 0.25) is 0 Å². The van der Waals surface area contributed by atoms with Gasteiger partial charge in [0.15, 0.2) is 0 Å². The van der Waals surface area contributed by atoms with Gasteiger partial charge in [-0.3, -0.25) is 4.79 Å². The summed E-state index contributed by atoms with van der Waals surface area (Å²) in [5.41, 5.74) is 2.89. The van der Waals surface area contributed by atoms with Crippen molar-refractivity contribution in [3.8, 4) is 0 Å². The molecule has 0 aromatic carbocycles. The molecular formula is C12H20O. The van der Waals surface area contributed by atoms with Crippen molar-refractivity contribution in [1.82, 2.24) is 0 Å². The van der Waals surface area contributed by atoms with Crippen LogP contribution in [0.25, 0.3) is 0 Å². The molecule has 0 aromatic heterocycles. The summed E-state index contributed by atoms with van der Waals surface area (Å²) in [6, 6.07) is 0. The summed E-state index contributed by atoms with van der Waals surface area (Å²) in [5.74, 6) is 0.475. The largest absolute Gasteiger partial charge is 0.299 e. The lowest BCUT2D eigenvalue weighted by molar-refractivity contribution is -0.123.